The summed E-state index contributed by atoms with van der Waals surface area (Å²) in [4.78, 5) is 23.1. The smallest absolute Gasteiger partial charge is 0.408 e. The molecule has 1 aromatic rings. The third kappa shape index (κ3) is 6.06. The molecular weight excluding hydrogens is 302 g/mol. The van der Waals surface area contributed by atoms with Crippen LogP contribution in [0, 0.1) is 0 Å². The third-order valence-electron chi connectivity index (χ3n) is 2.88. The van der Waals surface area contributed by atoms with Gasteiger partial charge in [0, 0.05) is 6.42 Å². The van der Waals surface area contributed by atoms with Gasteiger partial charge in [-0.15, -0.1) is 0 Å². The van der Waals surface area contributed by atoms with E-state index < -0.39 is 23.7 Å². The minimum atomic E-state index is -1.15. The lowest BCUT2D eigenvalue weighted by Gasteiger charge is -2.22. The average molecular weight is 325 g/mol. The molecule has 0 aliphatic heterocycles. The van der Waals surface area contributed by atoms with Gasteiger partial charge >= 0.3 is 12.1 Å². The van der Waals surface area contributed by atoms with E-state index in [0.29, 0.717) is 17.1 Å². The zero-order chi connectivity index (χ0) is 17.6. The highest BCUT2D eigenvalue weighted by Crippen LogP contribution is 2.28. The van der Waals surface area contributed by atoms with Gasteiger partial charge in [0.25, 0.3) is 0 Å². The van der Waals surface area contributed by atoms with Gasteiger partial charge < -0.3 is 24.6 Å². The molecule has 7 heteroatoms. The van der Waals surface area contributed by atoms with Gasteiger partial charge in [0.15, 0.2) is 11.5 Å². The maximum atomic E-state index is 11.7. The molecule has 1 atom stereocenters. The van der Waals surface area contributed by atoms with Crippen molar-refractivity contribution in [2.75, 3.05) is 14.2 Å². The number of alkyl carbamates (subject to hydrolysis) is 1. The predicted octanol–water partition coefficient (Wildman–Crippen LogP) is 2.22. The Morgan fingerprint density at radius 1 is 1.17 bits per heavy atom. The second-order valence-electron chi connectivity index (χ2n) is 5.93. The molecule has 0 aliphatic carbocycles. The van der Waals surface area contributed by atoms with E-state index in [-0.39, 0.29) is 6.42 Å². The van der Waals surface area contributed by atoms with Gasteiger partial charge in [-0.25, -0.2) is 9.59 Å². The van der Waals surface area contributed by atoms with E-state index in [4.69, 9.17) is 14.2 Å². The summed E-state index contributed by atoms with van der Waals surface area (Å²) >= 11 is 0. The monoisotopic (exact) mass is 325 g/mol. The van der Waals surface area contributed by atoms with Crippen LogP contribution in [0.1, 0.15) is 26.3 Å². The standard InChI is InChI=1S/C16H23NO6/c1-16(2,3)23-15(20)17-11(14(18)19)8-10-6-7-12(21-4)13(9-10)22-5/h6-7,9,11H,8H2,1-5H3,(H,17,20)(H,18,19)/t11-/m1/s1. The van der Waals surface area contributed by atoms with Crippen molar-refractivity contribution in [3.63, 3.8) is 0 Å². The van der Waals surface area contributed by atoms with Gasteiger partial charge in [-0.3, -0.25) is 0 Å². The summed E-state index contributed by atoms with van der Waals surface area (Å²) in [6, 6.07) is 3.96. The fraction of sp³-hybridized carbons (Fsp3) is 0.500. The van der Waals surface area contributed by atoms with Crippen LogP contribution in [0.5, 0.6) is 11.5 Å². The lowest BCUT2D eigenvalue weighted by Crippen LogP contribution is -2.44. The average Bonchev–Trinajstić information content (AvgIpc) is 2.44. The van der Waals surface area contributed by atoms with Crippen molar-refractivity contribution in [2.24, 2.45) is 0 Å². The summed E-state index contributed by atoms with van der Waals surface area (Å²) in [5.41, 5.74) is -0.0117. The van der Waals surface area contributed by atoms with Crippen LogP contribution in [0.15, 0.2) is 18.2 Å². The molecule has 0 bridgehead atoms. The maximum absolute atomic E-state index is 11.7. The van der Waals surface area contributed by atoms with Crippen LogP contribution in [0.4, 0.5) is 4.79 Å². The molecule has 0 aromatic heterocycles. The van der Waals surface area contributed by atoms with Gasteiger partial charge in [0.1, 0.15) is 11.6 Å². The number of benzene rings is 1. The van der Waals surface area contributed by atoms with Crippen LogP contribution in [-0.2, 0) is 16.0 Å². The Bertz CT molecular complexity index is 564. The van der Waals surface area contributed by atoms with Crippen LogP contribution < -0.4 is 14.8 Å². The quantitative estimate of drug-likeness (QED) is 0.833. The Balaban J connectivity index is 2.84. The Kier molecular flexibility index (Phi) is 6.24. The van der Waals surface area contributed by atoms with Crippen LogP contribution in [0.25, 0.3) is 0 Å². The highest BCUT2D eigenvalue weighted by molar-refractivity contribution is 5.80. The maximum Gasteiger partial charge on any atom is 0.408 e. The predicted molar refractivity (Wildman–Crippen MR) is 84.0 cm³/mol. The Hall–Kier alpha value is -2.44. The number of hydrogen-bond acceptors (Lipinski definition) is 5. The zero-order valence-electron chi connectivity index (χ0n) is 14.0. The molecule has 0 saturated carbocycles. The fourth-order valence-electron chi connectivity index (χ4n) is 1.89. The molecule has 1 aromatic carbocycles. The minimum Gasteiger partial charge on any atom is -0.493 e. The van der Waals surface area contributed by atoms with Crippen LogP contribution >= 0.6 is 0 Å². The molecule has 2 N–H and O–H groups in total. The van der Waals surface area contributed by atoms with Crippen molar-refractivity contribution in [2.45, 2.75) is 38.8 Å². The molecule has 7 nitrogen and oxygen atoms in total. The molecule has 0 fully saturated rings. The van der Waals surface area contributed by atoms with Gasteiger partial charge in [0.05, 0.1) is 14.2 Å². The highest BCUT2D eigenvalue weighted by atomic mass is 16.6. The molecule has 1 rings (SSSR count). The van der Waals surface area contributed by atoms with Crippen LogP contribution in [0.2, 0.25) is 0 Å². The topological polar surface area (TPSA) is 94.1 Å². The Morgan fingerprint density at radius 3 is 2.26 bits per heavy atom. The zero-order valence-corrected chi connectivity index (χ0v) is 14.0. The van der Waals surface area contributed by atoms with Gasteiger partial charge in [0.2, 0.25) is 0 Å². The normalized spacial score (nSPS) is 12.2. The first kappa shape index (κ1) is 18.6. The summed E-state index contributed by atoms with van der Waals surface area (Å²) in [6.45, 7) is 5.12. The number of aliphatic carboxylic acids is 1. The van der Waals surface area contributed by atoms with E-state index in [1.54, 1.807) is 39.0 Å². The lowest BCUT2D eigenvalue weighted by molar-refractivity contribution is -0.139. The lowest BCUT2D eigenvalue weighted by atomic mass is 10.1. The first-order valence-corrected chi connectivity index (χ1v) is 7.09. The van der Waals surface area contributed by atoms with E-state index in [2.05, 4.69) is 5.32 Å². The number of carboxylic acid groups (broad SMARTS) is 1. The number of nitrogens with one attached hydrogen (secondary N) is 1. The number of carboxylic acids is 1. The molecule has 0 saturated heterocycles. The number of methoxy groups -OCH3 is 2. The number of amides is 1. The summed E-state index contributed by atoms with van der Waals surface area (Å²) in [5, 5.41) is 11.6. The number of carbonyl (C=O) groups excluding carboxylic acids is 1. The van der Waals surface area contributed by atoms with Crippen molar-refractivity contribution >= 4 is 12.1 Å². The SMILES string of the molecule is COc1ccc(C[C@@H](NC(=O)OC(C)(C)C)C(=O)O)cc1OC. The first-order valence-electron chi connectivity index (χ1n) is 7.09. The van der Waals surface area contributed by atoms with E-state index in [0.717, 1.165) is 0 Å². The van der Waals surface area contributed by atoms with Crippen LogP contribution in [-0.4, -0.2) is 43.0 Å². The third-order valence-corrected chi connectivity index (χ3v) is 2.88. The second-order valence-corrected chi connectivity index (χ2v) is 5.93. The highest BCUT2D eigenvalue weighted by Gasteiger charge is 2.24. The summed E-state index contributed by atoms with van der Waals surface area (Å²) in [5.74, 6) is -0.111. The van der Waals surface area contributed by atoms with Crippen molar-refractivity contribution in [1.29, 1.82) is 0 Å². The van der Waals surface area contributed by atoms with Gasteiger partial charge in [-0.05, 0) is 38.5 Å². The van der Waals surface area contributed by atoms with Crippen molar-refractivity contribution in [3.8, 4) is 11.5 Å². The number of carbonyl (C=O) groups is 2. The molecule has 0 spiro atoms. The van der Waals surface area contributed by atoms with E-state index in [1.807, 2.05) is 0 Å². The Morgan fingerprint density at radius 2 is 1.78 bits per heavy atom. The number of hydrogen-bond donors (Lipinski definition) is 2. The molecular formula is C16H23NO6. The van der Waals surface area contributed by atoms with E-state index in [1.165, 1.54) is 14.2 Å². The second kappa shape index (κ2) is 7.71. The molecule has 0 radical (unpaired) electrons. The van der Waals surface area contributed by atoms with E-state index in [9.17, 15) is 14.7 Å². The van der Waals surface area contributed by atoms with Crippen molar-refractivity contribution in [1.82, 2.24) is 5.32 Å². The molecule has 0 heterocycles. The Labute approximate surface area is 135 Å². The number of rotatable bonds is 6. The molecule has 0 aliphatic rings. The minimum absolute atomic E-state index is 0.0922. The van der Waals surface area contributed by atoms with Gasteiger partial charge in [-0.2, -0.15) is 0 Å². The van der Waals surface area contributed by atoms with Gasteiger partial charge in [-0.1, -0.05) is 6.07 Å². The van der Waals surface area contributed by atoms with Crippen LogP contribution in [0.3, 0.4) is 0 Å². The molecule has 0 unspecified atom stereocenters. The fourth-order valence-corrected chi connectivity index (χ4v) is 1.89. The summed E-state index contributed by atoms with van der Waals surface area (Å²) in [7, 11) is 3.01. The van der Waals surface area contributed by atoms with E-state index >= 15 is 0 Å². The molecule has 128 valence electrons. The summed E-state index contributed by atoms with van der Waals surface area (Å²) in [6.07, 6.45) is -0.681. The largest absolute Gasteiger partial charge is 0.493 e. The first-order chi connectivity index (χ1) is 10.7. The molecule has 1 amide bonds. The summed E-state index contributed by atoms with van der Waals surface area (Å²) < 4.78 is 15.4. The molecule has 23 heavy (non-hydrogen) atoms. The van der Waals surface area contributed by atoms with Crippen molar-refractivity contribution in [3.05, 3.63) is 23.8 Å². The van der Waals surface area contributed by atoms with Crippen molar-refractivity contribution < 1.29 is 28.9 Å². The number of ether oxygens (including phenoxy) is 3.